The van der Waals surface area contributed by atoms with Gasteiger partial charge in [-0.05, 0) is 49.4 Å². The van der Waals surface area contributed by atoms with Crippen molar-refractivity contribution in [2.24, 2.45) is 5.92 Å². The van der Waals surface area contributed by atoms with Crippen molar-refractivity contribution in [1.29, 1.82) is 0 Å². The van der Waals surface area contributed by atoms with Gasteiger partial charge in [0.1, 0.15) is 12.4 Å². The Labute approximate surface area is 160 Å². The maximum absolute atomic E-state index is 12.3. The lowest BCUT2D eigenvalue weighted by Gasteiger charge is -2.34. The Morgan fingerprint density at radius 1 is 1.26 bits per heavy atom. The third-order valence-electron chi connectivity index (χ3n) is 4.99. The molecule has 0 saturated carbocycles. The molecule has 2 aromatic rings. The number of likely N-dealkylation sites (tertiary alicyclic amines) is 1. The van der Waals surface area contributed by atoms with Crippen LogP contribution < -0.4 is 10.1 Å². The molecular formula is C21H27N3O3. The highest BCUT2D eigenvalue weighted by atomic mass is 16.5. The lowest BCUT2D eigenvalue weighted by Crippen LogP contribution is -2.46. The van der Waals surface area contributed by atoms with Crippen LogP contribution in [0.25, 0.3) is 0 Å². The number of aromatic nitrogens is 1. The summed E-state index contributed by atoms with van der Waals surface area (Å²) in [5.41, 5.74) is 1.78. The molecule has 6 nitrogen and oxygen atoms in total. The van der Waals surface area contributed by atoms with Crippen LogP contribution in [0.3, 0.4) is 0 Å². The number of hydrogen-bond donors (Lipinski definition) is 2. The summed E-state index contributed by atoms with van der Waals surface area (Å²) in [6.45, 7) is 4.17. The van der Waals surface area contributed by atoms with E-state index in [9.17, 15) is 9.90 Å². The third kappa shape index (κ3) is 5.20. The van der Waals surface area contributed by atoms with Crippen molar-refractivity contribution in [3.63, 3.8) is 0 Å². The third-order valence-corrected chi connectivity index (χ3v) is 4.99. The van der Waals surface area contributed by atoms with E-state index in [-0.39, 0.29) is 11.9 Å². The van der Waals surface area contributed by atoms with Gasteiger partial charge in [-0.3, -0.25) is 4.98 Å². The van der Waals surface area contributed by atoms with Gasteiger partial charge in [0.15, 0.2) is 0 Å². The number of amides is 2. The van der Waals surface area contributed by atoms with E-state index in [1.54, 1.807) is 11.1 Å². The smallest absolute Gasteiger partial charge is 0.317 e. The number of carbonyl (C=O) groups is 1. The van der Waals surface area contributed by atoms with Crippen LogP contribution >= 0.6 is 0 Å². The number of piperidine rings is 1. The van der Waals surface area contributed by atoms with Crippen LogP contribution in [0.2, 0.25) is 0 Å². The molecule has 0 unspecified atom stereocenters. The molecule has 1 aromatic heterocycles. The first-order valence-electron chi connectivity index (χ1n) is 9.45. The molecule has 0 bridgehead atoms. The Kier molecular flexibility index (Phi) is 6.65. The number of benzene rings is 1. The van der Waals surface area contributed by atoms with Gasteiger partial charge in [0, 0.05) is 19.3 Å². The lowest BCUT2D eigenvalue weighted by atomic mass is 9.89. The molecule has 2 amide bonds. The number of nitrogens with one attached hydrogen (secondary N) is 1. The summed E-state index contributed by atoms with van der Waals surface area (Å²) in [6.07, 6.45) is 2.66. The predicted molar refractivity (Wildman–Crippen MR) is 104 cm³/mol. The second-order valence-corrected chi connectivity index (χ2v) is 6.87. The number of pyridine rings is 1. The van der Waals surface area contributed by atoms with Crippen molar-refractivity contribution < 1.29 is 14.6 Å². The first kappa shape index (κ1) is 19.2. The van der Waals surface area contributed by atoms with Gasteiger partial charge in [-0.15, -0.1) is 0 Å². The number of nitrogens with zero attached hydrogens (tertiary/aromatic N) is 2. The van der Waals surface area contributed by atoms with E-state index in [1.165, 1.54) is 0 Å². The molecule has 0 radical (unpaired) electrons. The Bertz CT molecular complexity index is 730. The van der Waals surface area contributed by atoms with Gasteiger partial charge in [-0.1, -0.05) is 24.3 Å². The van der Waals surface area contributed by atoms with E-state index in [1.807, 2.05) is 49.4 Å². The number of aryl methyl sites for hydroxylation is 1. The zero-order valence-corrected chi connectivity index (χ0v) is 15.7. The number of hydrogen-bond acceptors (Lipinski definition) is 4. The topological polar surface area (TPSA) is 74.7 Å². The predicted octanol–water partition coefficient (Wildman–Crippen LogP) is 2.92. The number of aliphatic hydroxyl groups excluding tert-OH is 1. The van der Waals surface area contributed by atoms with Crippen molar-refractivity contribution in [2.75, 3.05) is 26.2 Å². The van der Waals surface area contributed by atoms with Crippen LogP contribution in [-0.2, 0) is 0 Å². The van der Waals surface area contributed by atoms with E-state index in [4.69, 9.17) is 4.74 Å². The molecule has 2 N–H and O–H groups in total. The molecule has 27 heavy (non-hydrogen) atoms. The average Bonchev–Trinajstić information content (AvgIpc) is 2.72. The molecule has 2 heterocycles. The summed E-state index contributed by atoms with van der Waals surface area (Å²) in [4.78, 5) is 18.3. The molecule has 1 aliphatic rings. The number of rotatable bonds is 6. The minimum absolute atomic E-state index is 0.0749. The molecule has 0 aliphatic carbocycles. The zero-order chi connectivity index (χ0) is 19.1. The van der Waals surface area contributed by atoms with E-state index in [2.05, 4.69) is 10.3 Å². The van der Waals surface area contributed by atoms with E-state index < -0.39 is 6.10 Å². The van der Waals surface area contributed by atoms with Gasteiger partial charge >= 0.3 is 6.03 Å². The number of aliphatic hydroxyl groups is 1. The van der Waals surface area contributed by atoms with Crippen molar-refractivity contribution in [2.45, 2.75) is 25.9 Å². The van der Waals surface area contributed by atoms with E-state index in [0.29, 0.717) is 31.9 Å². The number of ether oxygens (including phenoxy) is 1. The van der Waals surface area contributed by atoms with Crippen LogP contribution in [-0.4, -0.2) is 47.3 Å². The molecule has 3 rings (SSSR count). The highest BCUT2D eigenvalue weighted by molar-refractivity contribution is 5.74. The Morgan fingerprint density at radius 3 is 2.70 bits per heavy atom. The summed E-state index contributed by atoms with van der Waals surface area (Å²) >= 11 is 0. The fraction of sp³-hybridized carbons (Fsp3) is 0.429. The van der Waals surface area contributed by atoms with E-state index in [0.717, 1.165) is 24.2 Å². The number of urea groups is 1. The first-order valence-corrected chi connectivity index (χ1v) is 9.45. The van der Waals surface area contributed by atoms with Gasteiger partial charge in [0.05, 0.1) is 18.3 Å². The summed E-state index contributed by atoms with van der Waals surface area (Å²) < 4.78 is 5.70. The number of para-hydroxylation sites is 1. The Hall–Kier alpha value is -2.60. The number of carbonyl (C=O) groups excluding carboxylic acids is 1. The molecular weight excluding hydrogens is 342 g/mol. The molecule has 1 aromatic carbocycles. The monoisotopic (exact) mass is 369 g/mol. The van der Waals surface area contributed by atoms with Crippen LogP contribution in [0.15, 0.2) is 48.7 Å². The van der Waals surface area contributed by atoms with Crippen molar-refractivity contribution >= 4 is 6.03 Å². The first-order chi connectivity index (χ1) is 13.1. The second kappa shape index (κ2) is 9.37. The highest BCUT2D eigenvalue weighted by Crippen LogP contribution is 2.29. The molecule has 1 aliphatic heterocycles. The van der Waals surface area contributed by atoms with Gasteiger partial charge in [0.2, 0.25) is 0 Å². The minimum atomic E-state index is -0.570. The summed E-state index contributed by atoms with van der Waals surface area (Å²) in [5, 5.41) is 13.4. The molecule has 6 heteroatoms. The summed E-state index contributed by atoms with van der Waals surface area (Å²) in [7, 11) is 0. The molecule has 144 valence electrons. The van der Waals surface area contributed by atoms with Crippen LogP contribution in [0.1, 0.15) is 30.2 Å². The Balaban J connectivity index is 1.38. The molecule has 1 atom stereocenters. The standard InChI is InChI=1S/C21H27N3O3/c1-16-6-2-3-8-19(16)27-15-12-23-21(26)24-13-9-17(10-14-24)20(25)18-7-4-5-11-22-18/h2-8,11,17,20,25H,9-10,12-15H2,1H3,(H,23,26)/t20-/m1/s1. The van der Waals surface area contributed by atoms with Crippen molar-refractivity contribution in [3.05, 3.63) is 59.9 Å². The quantitative estimate of drug-likeness (QED) is 0.768. The Morgan fingerprint density at radius 2 is 2.00 bits per heavy atom. The van der Waals surface area contributed by atoms with Crippen molar-refractivity contribution in [1.82, 2.24) is 15.2 Å². The maximum Gasteiger partial charge on any atom is 0.317 e. The minimum Gasteiger partial charge on any atom is -0.491 e. The molecule has 1 fully saturated rings. The summed E-state index contributed by atoms with van der Waals surface area (Å²) in [5.74, 6) is 0.976. The highest BCUT2D eigenvalue weighted by Gasteiger charge is 2.28. The van der Waals surface area contributed by atoms with Crippen LogP contribution in [0.4, 0.5) is 4.79 Å². The lowest BCUT2D eigenvalue weighted by molar-refractivity contribution is 0.0634. The van der Waals surface area contributed by atoms with Crippen molar-refractivity contribution in [3.8, 4) is 5.75 Å². The average molecular weight is 369 g/mol. The SMILES string of the molecule is Cc1ccccc1OCCNC(=O)N1CCC([C@@H](O)c2ccccn2)CC1. The van der Waals surface area contributed by atoms with Crippen LogP contribution in [0, 0.1) is 12.8 Å². The van der Waals surface area contributed by atoms with Gasteiger partial charge in [-0.2, -0.15) is 0 Å². The van der Waals surface area contributed by atoms with Crippen LogP contribution in [0.5, 0.6) is 5.75 Å². The van der Waals surface area contributed by atoms with Gasteiger partial charge in [-0.25, -0.2) is 4.79 Å². The second-order valence-electron chi connectivity index (χ2n) is 6.87. The van der Waals surface area contributed by atoms with E-state index >= 15 is 0 Å². The largest absolute Gasteiger partial charge is 0.491 e. The summed E-state index contributed by atoms with van der Waals surface area (Å²) in [6, 6.07) is 13.3. The van der Waals surface area contributed by atoms with Gasteiger partial charge in [0.25, 0.3) is 0 Å². The normalized spacial score (nSPS) is 16.0. The maximum atomic E-state index is 12.3. The van der Waals surface area contributed by atoms with Gasteiger partial charge < -0.3 is 20.1 Å². The molecule has 0 spiro atoms. The molecule has 1 saturated heterocycles. The fourth-order valence-corrected chi connectivity index (χ4v) is 3.36. The fourth-order valence-electron chi connectivity index (χ4n) is 3.36. The zero-order valence-electron chi connectivity index (χ0n) is 15.7.